The Hall–Kier alpha value is -2.82. The molecule has 0 spiro atoms. The first-order chi connectivity index (χ1) is 13.3. The normalized spacial score (nSPS) is 19.9. The number of hydrogen-bond donors (Lipinski definition) is 0. The van der Waals surface area contributed by atoms with Gasteiger partial charge in [-0.1, -0.05) is 54.6 Å². The van der Waals surface area contributed by atoms with Crippen molar-refractivity contribution in [1.29, 1.82) is 0 Å². The fourth-order valence-electron chi connectivity index (χ4n) is 3.52. The van der Waals surface area contributed by atoms with Crippen LogP contribution in [0.25, 0.3) is 16.8 Å². The van der Waals surface area contributed by atoms with Crippen LogP contribution in [0.4, 0.5) is 4.79 Å². The van der Waals surface area contributed by atoms with Crippen molar-refractivity contribution in [3.63, 3.8) is 0 Å². The Labute approximate surface area is 165 Å². The number of amides is 1. The predicted molar refractivity (Wildman–Crippen MR) is 110 cm³/mol. The number of methoxy groups -OCH3 is 1. The molecule has 0 saturated carbocycles. The average Bonchev–Trinajstić information content (AvgIpc) is 3.09. The van der Waals surface area contributed by atoms with Crippen molar-refractivity contribution < 1.29 is 19.1 Å². The van der Waals surface area contributed by atoms with E-state index in [1.807, 2.05) is 57.2 Å². The zero-order chi connectivity index (χ0) is 20.3. The number of ether oxygens (including phenoxy) is 2. The van der Waals surface area contributed by atoms with E-state index < -0.39 is 17.6 Å². The molecule has 0 unspecified atom stereocenters. The molecule has 1 saturated heterocycles. The van der Waals surface area contributed by atoms with Crippen molar-refractivity contribution in [3.05, 3.63) is 54.1 Å². The van der Waals surface area contributed by atoms with Gasteiger partial charge in [0, 0.05) is 19.0 Å². The number of carbonyl (C=O) groups is 2. The van der Waals surface area contributed by atoms with Gasteiger partial charge in [-0.05, 0) is 37.1 Å². The van der Waals surface area contributed by atoms with E-state index in [2.05, 4.69) is 18.2 Å². The highest BCUT2D eigenvalue weighted by Crippen LogP contribution is 2.29. The maximum absolute atomic E-state index is 12.4. The quantitative estimate of drug-likeness (QED) is 0.734. The molecule has 0 N–H and O–H groups in total. The van der Waals surface area contributed by atoms with Crippen LogP contribution in [0, 0.1) is 11.8 Å². The molecular weight excluding hydrogens is 354 g/mol. The van der Waals surface area contributed by atoms with E-state index in [-0.39, 0.29) is 11.9 Å². The Balaban J connectivity index is 1.82. The highest BCUT2D eigenvalue weighted by Gasteiger charge is 2.40. The summed E-state index contributed by atoms with van der Waals surface area (Å²) in [6.07, 6.45) is 3.64. The maximum Gasteiger partial charge on any atom is 0.410 e. The first-order valence-electron chi connectivity index (χ1n) is 9.50. The smallest absolute Gasteiger partial charge is 0.410 e. The van der Waals surface area contributed by atoms with Crippen LogP contribution in [0.5, 0.6) is 0 Å². The summed E-state index contributed by atoms with van der Waals surface area (Å²) in [5, 5.41) is 2.31. The third-order valence-electron chi connectivity index (χ3n) is 4.87. The molecule has 1 aliphatic heterocycles. The molecular formula is C23H27NO4. The van der Waals surface area contributed by atoms with Gasteiger partial charge in [-0.2, -0.15) is 0 Å². The Kier molecular flexibility index (Phi) is 5.73. The van der Waals surface area contributed by atoms with E-state index in [0.717, 1.165) is 16.3 Å². The number of rotatable bonds is 3. The molecule has 3 rings (SSSR count). The maximum atomic E-state index is 12.4. The van der Waals surface area contributed by atoms with Gasteiger partial charge >= 0.3 is 12.1 Å². The standard InChI is InChI=1S/C23H27NO4/c1-23(2,3)28-22(26)24-14-18(20(15-24)21(25)27-4)13-12-17-10-7-9-16-8-5-6-11-19(16)17/h5-13,18,20H,14-15H2,1-4H3/b13-12+/t18-,20-/m0/s1. The first-order valence-corrected chi connectivity index (χ1v) is 9.50. The molecule has 0 aromatic heterocycles. The van der Waals surface area contributed by atoms with Gasteiger partial charge in [0.2, 0.25) is 0 Å². The fraction of sp³-hybridized carbons (Fsp3) is 0.391. The molecule has 0 radical (unpaired) electrons. The summed E-state index contributed by atoms with van der Waals surface area (Å²) in [6, 6.07) is 14.3. The van der Waals surface area contributed by atoms with Gasteiger partial charge in [0.05, 0.1) is 13.0 Å². The van der Waals surface area contributed by atoms with Crippen LogP contribution in [0.2, 0.25) is 0 Å². The number of benzene rings is 2. The van der Waals surface area contributed by atoms with E-state index in [1.54, 1.807) is 4.90 Å². The number of hydrogen-bond acceptors (Lipinski definition) is 4. The topological polar surface area (TPSA) is 55.8 Å². The van der Waals surface area contributed by atoms with Crippen molar-refractivity contribution in [2.45, 2.75) is 26.4 Å². The zero-order valence-electron chi connectivity index (χ0n) is 16.8. The third-order valence-corrected chi connectivity index (χ3v) is 4.87. The molecule has 2 aromatic rings. The second-order valence-electron chi connectivity index (χ2n) is 8.11. The number of fused-ring (bicyclic) bond motifs is 1. The lowest BCUT2D eigenvalue weighted by Gasteiger charge is -2.24. The van der Waals surface area contributed by atoms with E-state index >= 15 is 0 Å². The molecule has 28 heavy (non-hydrogen) atoms. The van der Waals surface area contributed by atoms with Crippen LogP contribution in [-0.4, -0.2) is 42.8 Å². The van der Waals surface area contributed by atoms with Crippen molar-refractivity contribution in [1.82, 2.24) is 4.90 Å². The average molecular weight is 381 g/mol. The number of carbonyl (C=O) groups excluding carboxylic acids is 2. The molecule has 1 amide bonds. The second kappa shape index (κ2) is 8.05. The molecule has 2 atom stereocenters. The van der Waals surface area contributed by atoms with Crippen LogP contribution in [0.3, 0.4) is 0 Å². The number of esters is 1. The highest BCUT2D eigenvalue weighted by molar-refractivity contribution is 5.90. The molecule has 2 aromatic carbocycles. The lowest BCUT2D eigenvalue weighted by atomic mass is 9.94. The molecule has 5 nitrogen and oxygen atoms in total. The summed E-state index contributed by atoms with van der Waals surface area (Å²) in [5.74, 6) is -0.832. The SMILES string of the molecule is COC(=O)[C@H]1CN(C(=O)OC(C)(C)C)C[C@@H]1/C=C/c1cccc2ccccc12. The fourth-order valence-corrected chi connectivity index (χ4v) is 3.52. The Morgan fingerprint density at radius 3 is 2.50 bits per heavy atom. The minimum absolute atomic E-state index is 0.126. The molecule has 0 bridgehead atoms. The van der Waals surface area contributed by atoms with Gasteiger partial charge in [-0.25, -0.2) is 4.79 Å². The highest BCUT2D eigenvalue weighted by atomic mass is 16.6. The van der Waals surface area contributed by atoms with Crippen molar-refractivity contribution in [2.24, 2.45) is 11.8 Å². The monoisotopic (exact) mass is 381 g/mol. The van der Waals surface area contributed by atoms with Gasteiger partial charge in [-0.15, -0.1) is 0 Å². The summed E-state index contributed by atoms with van der Waals surface area (Å²) in [4.78, 5) is 26.3. The van der Waals surface area contributed by atoms with Gasteiger partial charge in [0.15, 0.2) is 0 Å². The number of nitrogens with zero attached hydrogens (tertiary/aromatic N) is 1. The Morgan fingerprint density at radius 1 is 1.07 bits per heavy atom. The van der Waals surface area contributed by atoms with Crippen LogP contribution in [-0.2, 0) is 14.3 Å². The van der Waals surface area contributed by atoms with Crippen LogP contribution >= 0.6 is 0 Å². The number of likely N-dealkylation sites (tertiary alicyclic amines) is 1. The van der Waals surface area contributed by atoms with Crippen LogP contribution in [0.15, 0.2) is 48.5 Å². The molecule has 5 heteroatoms. The molecule has 1 fully saturated rings. The van der Waals surface area contributed by atoms with Crippen molar-refractivity contribution in [3.8, 4) is 0 Å². The minimum atomic E-state index is -0.575. The largest absolute Gasteiger partial charge is 0.469 e. The Bertz CT molecular complexity index is 892. The van der Waals surface area contributed by atoms with Gasteiger partial charge in [-0.3, -0.25) is 4.79 Å². The van der Waals surface area contributed by atoms with Gasteiger partial charge in [0.1, 0.15) is 5.60 Å². The summed E-state index contributed by atoms with van der Waals surface area (Å²) in [6.45, 7) is 6.21. The molecule has 1 aliphatic rings. The van der Waals surface area contributed by atoms with E-state index in [4.69, 9.17) is 9.47 Å². The molecule has 0 aliphatic carbocycles. The van der Waals surface area contributed by atoms with E-state index in [1.165, 1.54) is 7.11 Å². The summed E-state index contributed by atoms with van der Waals surface area (Å²) in [7, 11) is 1.38. The second-order valence-corrected chi connectivity index (χ2v) is 8.11. The molecule has 148 valence electrons. The lowest BCUT2D eigenvalue weighted by molar-refractivity contribution is -0.145. The first kappa shape index (κ1) is 19.9. The molecule has 1 heterocycles. The van der Waals surface area contributed by atoms with E-state index in [9.17, 15) is 9.59 Å². The summed E-state index contributed by atoms with van der Waals surface area (Å²) >= 11 is 0. The van der Waals surface area contributed by atoms with Crippen molar-refractivity contribution in [2.75, 3.05) is 20.2 Å². The third kappa shape index (κ3) is 4.53. The van der Waals surface area contributed by atoms with Gasteiger partial charge in [0.25, 0.3) is 0 Å². The predicted octanol–water partition coefficient (Wildman–Crippen LogP) is 4.51. The Morgan fingerprint density at radius 2 is 1.79 bits per heavy atom. The van der Waals surface area contributed by atoms with Crippen LogP contribution < -0.4 is 0 Å². The zero-order valence-corrected chi connectivity index (χ0v) is 16.8. The van der Waals surface area contributed by atoms with Gasteiger partial charge < -0.3 is 14.4 Å². The van der Waals surface area contributed by atoms with Crippen molar-refractivity contribution >= 4 is 28.9 Å². The lowest BCUT2D eigenvalue weighted by Crippen LogP contribution is -2.36. The summed E-state index contributed by atoms with van der Waals surface area (Å²) < 4.78 is 10.4. The van der Waals surface area contributed by atoms with Crippen LogP contribution in [0.1, 0.15) is 26.3 Å². The minimum Gasteiger partial charge on any atom is -0.469 e. The van der Waals surface area contributed by atoms with E-state index in [0.29, 0.717) is 13.1 Å². The summed E-state index contributed by atoms with van der Waals surface area (Å²) in [5.41, 5.74) is 0.506.